The Bertz CT molecular complexity index is 651. The quantitative estimate of drug-likeness (QED) is 0.743. The Morgan fingerprint density at radius 2 is 1.78 bits per heavy atom. The molecule has 0 unspecified atom stereocenters. The van der Waals surface area contributed by atoms with Gasteiger partial charge in [-0.2, -0.15) is 4.31 Å². The molecule has 23 heavy (non-hydrogen) atoms. The molecule has 0 spiro atoms. The topological polar surface area (TPSA) is 69.7 Å². The molecule has 1 N–H and O–H groups in total. The predicted octanol–water partition coefficient (Wildman–Crippen LogP) is 0.518. The van der Waals surface area contributed by atoms with Gasteiger partial charge in [0.1, 0.15) is 0 Å². The summed E-state index contributed by atoms with van der Waals surface area (Å²) in [6.45, 7) is 1.01. The van der Waals surface area contributed by atoms with E-state index in [9.17, 15) is 22.0 Å². The highest BCUT2D eigenvalue weighted by Gasteiger charge is 2.17. The van der Waals surface area contributed by atoms with Crippen molar-refractivity contribution in [2.24, 2.45) is 0 Å². The summed E-state index contributed by atoms with van der Waals surface area (Å²) in [5.74, 6) is -2.74. The fraction of sp³-hybridized carbons (Fsp3) is 0.500. The summed E-state index contributed by atoms with van der Waals surface area (Å²) in [5, 5.41) is 2.49. The van der Waals surface area contributed by atoms with Crippen LogP contribution < -0.4 is 5.32 Å². The van der Waals surface area contributed by atoms with E-state index in [0.717, 1.165) is 24.5 Å². The number of sulfonamides is 1. The van der Waals surface area contributed by atoms with E-state index in [4.69, 9.17) is 0 Å². The van der Waals surface area contributed by atoms with Gasteiger partial charge in [-0.05, 0) is 32.3 Å². The van der Waals surface area contributed by atoms with E-state index in [0.29, 0.717) is 13.1 Å². The van der Waals surface area contributed by atoms with Gasteiger partial charge in [-0.25, -0.2) is 17.2 Å². The van der Waals surface area contributed by atoms with Crippen molar-refractivity contribution in [3.05, 3.63) is 35.4 Å². The summed E-state index contributed by atoms with van der Waals surface area (Å²) >= 11 is 0. The van der Waals surface area contributed by atoms with Gasteiger partial charge in [0.2, 0.25) is 10.0 Å². The van der Waals surface area contributed by atoms with Crippen molar-refractivity contribution in [1.82, 2.24) is 14.5 Å². The number of carbonyl (C=O) groups is 1. The molecular weight excluding hydrogens is 328 g/mol. The fourth-order valence-electron chi connectivity index (χ4n) is 1.79. The third kappa shape index (κ3) is 6.59. The largest absolute Gasteiger partial charge is 0.351 e. The summed E-state index contributed by atoms with van der Waals surface area (Å²) in [5.41, 5.74) is -0.0249. The number of nitrogens with one attached hydrogen (secondary N) is 1. The second kappa shape index (κ2) is 8.32. The van der Waals surface area contributed by atoms with Gasteiger partial charge in [-0.15, -0.1) is 0 Å². The monoisotopic (exact) mass is 349 g/mol. The first kappa shape index (κ1) is 19.5. The van der Waals surface area contributed by atoms with Crippen LogP contribution in [0.1, 0.15) is 10.4 Å². The standard InChI is InChI=1S/C14H21F2N3O3S/c1-18(2)8-9-19(23(3,21)22)7-6-17-14(20)11-4-5-12(15)13(16)10-11/h4-5,10H,6-9H2,1-3H3,(H,17,20). The van der Waals surface area contributed by atoms with E-state index in [1.165, 1.54) is 4.31 Å². The molecule has 130 valence electrons. The number of likely N-dealkylation sites (N-methyl/N-ethyl adjacent to an activating group) is 1. The Morgan fingerprint density at radius 1 is 1.13 bits per heavy atom. The Labute approximate surface area is 135 Å². The highest BCUT2D eigenvalue weighted by Crippen LogP contribution is 2.08. The molecule has 1 aromatic rings. The molecule has 1 amide bonds. The van der Waals surface area contributed by atoms with Gasteiger partial charge in [0, 0.05) is 31.7 Å². The lowest BCUT2D eigenvalue weighted by Crippen LogP contribution is -2.41. The van der Waals surface area contributed by atoms with Crippen molar-refractivity contribution in [3.8, 4) is 0 Å². The van der Waals surface area contributed by atoms with Crippen molar-refractivity contribution < 1.29 is 22.0 Å². The Hall–Kier alpha value is -1.58. The van der Waals surface area contributed by atoms with Crippen LogP contribution in [-0.4, -0.2) is 70.1 Å². The highest BCUT2D eigenvalue weighted by atomic mass is 32.2. The molecule has 0 radical (unpaired) electrons. The molecule has 1 aromatic carbocycles. The lowest BCUT2D eigenvalue weighted by Gasteiger charge is -2.22. The number of amides is 1. The molecule has 0 fully saturated rings. The number of hydrogen-bond acceptors (Lipinski definition) is 4. The van der Waals surface area contributed by atoms with E-state index < -0.39 is 27.6 Å². The van der Waals surface area contributed by atoms with Crippen molar-refractivity contribution in [2.75, 3.05) is 46.5 Å². The van der Waals surface area contributed by atoms with Gasteiger partial charge in [0.25, 0.3) is 5.91 Å². The van der Waals surface area contributed by atoms with Gasteiger partial charge < -0.3 is 10.2 Å². The Morgan fingerprint density at radius 3 is 2.30 bits per heavy atom. The predicted molar refractivity (Wildman–Crippen MR) is 83.7 cm³/mol. The van der Waals surface area contributed by atoms with Crippen LogP contribution >= 0.6 is 0 Å². The van der Waals surface area contributed by atoms with Crippen molar-refractivity contribution in [2.45, 2.75) is 0 Å². The molecule has 0 saturated carbocycles. The van der Waals surface area contributed by atoms with Crippen molar-refractivity contribution >= 4 is 15.9 Å². The maximum atomic E-state index is 13.1. The molecule has 9 heteroatoms. The van der Waals surface area contributed by atoms with Crippen LogP contribution in [0.2, 0.25) is 0 Å². The van der Waals surface area contributed by atoms with E-state index in [1.54, 1.807) is 0 Å². The van der Waals surface area contributed by atoms with Gasteiger partial charge >= 0.3 is 0 Å². The number of carbonyl (C=O) groups excluding carboxylic acids is 1. The van der Waals surface area contributed by atoms with Crippen LogP contribution in [-0.2, 0) is 10.0 Å². The molecular formula is C14H21F2N3O3S. The Kier molecular flexibility index (Phi) is 7.04. The fourth-order valence-corrected chi connectivity index (χ4v) is 2.62. The molecule has 0 aliphatic heterocycles. The number of halogens is 2. The Balaban J connectivity index is 2.58. The third-order valence-electron chi connectivity index (χ3n) is 3.09. The van der Waals surface area contributed by atoms with E-state index in [-0.39, 0.29) is 18.7 Å². The zero-order valence-corrected chi connectivity index (χ0v) is 14.2. The molecule has 0 aliphatic carbocycles. The van der Waals surface area contributed by atoms with Crippen LogP contribution in [0.5, 0.6) is 0 Å². The van der Waals surface area contributed by atoms with Crippen LogP contribution in [0.4, 0.5) is 8.78 Å². The minimum absolute atomic E-state index is 0.0249. The van der Waals surface area contributed by atoms with Crippen LogP contribution in [0.3, 0.4) is 0 Å². The normalized spacial score (nSPS) is 12.0. The molecule has 6 nitrogen and oxygen atoms in total. The second-order valence-corrected chi connectivity index (χ2v) is 7.33. The van der Waals surface area contributed by atoms with Crippen LogP contribution in [0.15, 0.2) is 18.2 Å². The molecule has 0 aromatic heterocycles. The molecule has 0 saturated heterocycles. The molecule has 0 atom stereocenters. The van der Waals surface area contributed by atoms with Gasteiger partial charge in [0.15, 0.2) is 11.6 Å². The lowest BCUT2D eigenvalue weighted by atomic mass is 10.2. The molecule has 0 aliphatic rings. The van der Waals surface area contributed by atoms with Crippen LogP contribution in [0, 0.1) is 11.6 Å². The summed E-state index contributed by atoms with van der Waals surface area (Å²) < 4.78 is 50.5. The number of rotatable bonds is 8. The maximum absolute atomic E-state index is 13.1. The first-order chi connectivity index (χ1) is 10.6. The van der Waals surface area contributed by atoms with Crippen LogP contribution in [0.25, 0.3) is 0 Å². The summed E-state index contributed by atoms with van der Waals surface area (Å²) in [6.07, 6.45) is 1.10. The van der Waals surface area contributed by atoms with Gasteiger partial charge in [-0.3, -0.25) is 4.79 Å². The van der Waals surface area contributed by atoms with Crippen molar-refractivity contribution in [3.63, 3.8) is 0 Å². The zero-order valence-electron chi connectivity index (χ0n) is 13.3. The van der Waals surface area contributed by atoms with Crippen molar-refractivity contribution in [1.29, 1.82) is 0 Å². The van der Waals surface area contributed by atoms with Gasteiger partial charge in [0.05, 0.1) is 6.26 Å². The third-order valence-corrected chi connectivity index (χ3v) is 4.40. The summed E-state index contributed by atoms with van der Waals surface area (Å²) in [7, 11) is 0.260. The minimum Gasteiger partial charge on any atom is -0.351 e. The molecule has 0 heterocycles. The average molecular weight is 349 g/mol. The zero-order chi connectivity index (χ0) is 17.6. The number of benzene rings is 1. The molecule has 1 rings (SSSR count). The smallest absolute Gasteiger partial charge is 0.251 e. The number of hydrogen-bond donors (Lipinski definition) is 1. The first-order valence-corrected chi connectivity index (χ1v) is 8.79. The average Bonchev–Trinajstić information content (AvgIpc) is 2.43. The van der Waals surface area contributed by atoms with E-state index >= 15 is 0 Å². The van der Waals surface area contributed by atoms with E-state index in [2.05, 4.69) is 5.32 Å². The first-order valence-electron chi connectivity index (χ1n) is 6.94. The van der Waals surface area contributed by atoms with Gasteiger partial charge in [-0.1, -0.05) is 0 Å². The minimum atomic E-state index is -3.39. The SMILES string of the molecule is CN(C)CCN(CCNC(=O)c1ccc(F)c(F)c1)S(C)(=O)=O. The number of nitrogens with zero attached hydrogens (tertiary/aromatic N) is 2. The molecule has 0 bridgehead atoms. The summed E-state index contributed by atoms with van der Waals surface area (Å²) in [4.78, 5) is 13.7. The maximum Gasteiger partial charge on any atom is 0.251 e. The summed E-state index contributed by atoms with van der Waals surface area (Å²) in [6, 6.07) is 2.82. The van der Waals surface area contributed by atoms with E-state index in [1.807, 2.05) is 19.0 Å². The second-order valence-electron chi connectivity index (χ2n) is 5.35. The highest BCUT2D eigenvalue weighted by molar-refractivity contribution is 7.88. The lowest BCUT2D eigenvalue weighted by molar-refractivity contribution is 0.0951.